The molecule has 0 aliphatic heterocycles. The maximum atomic E-state index is 6.29. The molecular formula is C22H21ClN4O2S2. The molecule has 1 unspecified atom stereocenters. The van der Waals surface area contributed by atoms with Crippen molar-refractivity contribution in [1.29, 1.82) is 0 Å². The zero-order valence-corrected chi connectivity index (χ0v) is 19.7. The van der Waals surface area contributed by atoms with Gasteiger partial charge in [-0.1, -0.05) is 41.6 Å². The Morgan fingerprint density at radius 1 is 1.10 bits per heavy atom. The van der Waals surface area contributed by atoms with Crippen molar-refractivity contribution in [1.82, 2.24) is 19.7 Å². The van der Waals surface area contributed by atoms with Crippen LogP contribution in [0.25, 0.3) is 10.6 Å². The molecule has 2 aromatic carbocycles. The lowest BCUT2D eigenvalue weighted by atomic mass is 10.2. The lowest BCUT2D eigenvalue weighted by Crippen LogP contribution is -2.10. The molecule has 2 aromatic heterocycles. The van der Waals surface area contributed by atoms with Gasteiger partial charge in [0.15, 0.2) is 17.1 Å². The normalized spacial score (nSPS) is 12.0. The Labute approximate surface area is 194 Å². The van der Waals surface area contributed by atoms with E-state index in [4.69, 9.17) is 26.1 Å². The molecular weight excluding hydrogens is 452 g/mol. The minimum atomic E-state index is -0.244. The van der Waals surface area contributed by atoms with Gasteiger partial charge in [-0.3, -0.25) is 0 Å². The van der Waals surface area contributed by atoms with Crippen molar-refractivity contribution in [3.8, 4) is 22.1 Å². The van der Waals surface area contributed by atoms with E-state index >= 15 is 0 Å². The van der Waals surface area contributed by atoms with Crippen molar-refractivity contribution in [2.75, 3.05) is 7.11 Å². The molecule has 0 aliphatic carbocycles. The number of thiazole rings is 1. The van der Waals surface area contributed by atoms with E-state index in [2.05, 4.69) is 15.6 Å². The number of hydrogen-bond donors (Lipinski definition) is 0. The van der Waals surface area contributed by atoms with Crippen LogP contribution in [0, 0.1) is 0 Å². The van der Waals surface area contributed by atoms with Gasteiger partial charge in [0, 0.05) is 23.7 Å². The molecule has 31 heavy (non-hydrogen) atoms. The second-order valence-electron chi connectivity index (χ2n) is 6.75. The Balaban J connectivity index is 1.40. The van der Waals surface area contributed by atoms with E-state index < -0.39 is 0 Å². The highest BCUT2D eigenvalue weighted by Crippen LogP contribution is 2.32. The summed E-state index contributed by atoms with van der Waals surface area (Å²) in [7, 11) is 3.59. The number of halogens is 1. The summed E-state index contributed by atoms with van der Waals surface area (Å²) >= 11 is 9.47. The Morgan fingerprint density at radius 3 is 2.58 bits per heavy atom. The SMILES string of the molecule is COc1ccc(OC(C)c2nnc(SCc3csc(-c4ccccc4Cl)n3)n2C)cc1. The zero-order chi connectivity index (χ0) is 21.8. The molecule has 0 fully saturated rings. The van der Waals surface area contributed by atoms with Gasteiger partial charge in [-0.15, -0.1) is 21.5 Å². The highest BCUT2D eigenvalue weighted by atomic mass is 35.5. The van der Waals surface area contributed by atoms with Gasteiger partial charge in [-0.2, -0.15) is 0 Å². The fourth-order valence-corrected chi connectivity index (χ4v) is 5.04. The Hall–Kier alpha value is -2.55. The van der Waals surface area contributed by atoms with Crippen molar-refractivity contribution in [2.24, 2.45) is 7.05 Å². The van der Waals surface area contributed by atoms with E-state index in [-0.39, 0.29) is 6.10 Å². The Kier molecular flexibility index (Phi) is 6.80. The van der Waals surface area contributed by atoms with Crippen molar-refractivity contribution in [2.45, 2.75) is 23.9 Å². The first-order valence-electron chi connectivity index (χ1n) is 9.57. The molecule has 6 nitrogen and oxygen atoms in total. The van der Waals surface area contributed by atoms with E-state index in [9.17, 15) is 0 Å². The average molecular weight is 473 g/mol. The van der Waals surface area contributed by atoms with Gasteiger partial charge < -0.3 is 14.0 Å². The first-order valence-corrected chi connectivity index (χ1v) is 11.8. The molecule has 0 radical (unpaired) electrons. The van der Waals surface area contributed by atoms with Crippen LogP contribution in [-0.2, 0) is 12.8 Å². The molecule has 160 valence electrons. The first-order chi connectivity index (χ1) is 15.0. The molecule has 0 bridgehead atoms. The van der Waals surface area contributed by atoms with Gasteiger partial charge in [0.25, 0.3) is 0 Å². The summed E-state index contributed by atoms with van der Waals surface area (Å²) in [5.74, 6) is 2.99. The van der Waals surface area contributed by atoms with Gasteiger partial charge in [0.1, 0.15) is 16.5 Å². The largest absolute Gasteiger partial charge is 0.497 e. The minimum Gasteiger partial charge on any atom is -0.497 e. The van der Waals surface area contributed by atoms with Crippen LogP contribution in [0.5, 0.6) is 11.5 Å². The van der Waals surface area contributed by atoms with E-state index in [0.717, 1.165) is 38.7 Å². The second kappa shape index (κ2) is 9.72. The summed E-state index contributed by atoms with van der Waals surface area (Å²) in [6.45, 7) is 1.96. The van der Waals surface area contributed by atoms with Crippen LogP contribution in [0.2, 0.25) is 5.02 Å². The van der Waals surface area contributed by atoms with Crippen LogP contribution in [0.4, 0.5) is 0 Å². The summed E-state index contributed by atoms with van der Waals surface area (Å²) in [6, 6.07) is 15.2. The summed E-state index contributed by atoms with van der Waals surface area (Å²) in [6.07, 6.45) is -0.244. The predicted octanol–water partition coefficient (Wildman–Crippen LogP) is 6.03. The number of aromatic nitrogens is 4. The van der Waals surface area contributed by atoms with Crippen LogP contribution >= 0.6 is 34.7 Å². The third-order valence-electron chi connectivity index (χ3n) is 4.61. The monoisotopic (exact) mass is 472 g/mol. The first kappa shape index (κ1) is 21.7. The number of methoxy groups -OCH3 is 1. The maximum Gasteiger partial charge on any atom is 0.191 e. The lowest BCUT2D eigenvalue weighted by Gasteiger charge is -2.14. The molecule has 9 heteroatoms. The topological polar surface area (TPSA) is 62.1 Å². The van der Waals surface area contributed by atoms with E-state index in [0.29, 0.717) is 10.8 Å². The maximum absolute atomic E-state index is 6.29. The molecule has 4 aromatic rings. The minimum absolute atomic E-state index is 0.244. The number of thioether (sulfide) groups is 1. The zero-order valence-electron chi connectivity index (χ0n) is 17.3. The Morgan fingerprint density at radius 2 is 1.84 bits per heavy atom. The van der Waals surface area contributed by atoms with Gasteiger partial charge in [0.05, 0.1) is 17.8 Å². The van der Waals surface area contributed by atoms with E-state index in [1.165, 1.54) is 0 Å². The highest BCUT2D eigenvalue weighted by Gasteiger charge is 2.18. The predicted molar refractivity (Wildman–Crippen MR) is 125 cm³/mol. The average Bonchev–Trinajstić information content (AvgIpc) is 3.40. The number of ether oxygens (including phenoxy) is 2. The molecule has 0 saturated carbocycles. The third kappa shape index (κ3) is 5.03. The van der Waals surface area contributed by atoms with Crippen LogP contribution < -0.4 is 9.47 Å². The fraction of sp³-hybridized carbons (Fsp3) is 0.227. The number of hydrogen-bond acceptors (Lipinski definition) is 7. The van der Waals surface area contributed by atoms with Gasteiger partial charge in [-0.05, 0) is 37.3 Å². The summed E-state index contributed by atoms with van der Waals surface area (Å²) in [5.41, 5.74) is 1.94. The van der Waals surface area contributed by atoms with Crippen LogP contribution in [-0.4, -0.2) is 26.9 Å². The number of benzene rings is 2. The van der Waals surface area contributed by atoms with E-state index in [1.807, 2.05) is 67.1 Å². The second-order valence-corrected chi connectivity index (χ2v) is 8.96. The number of nitrogens with zero attached hydrogens (tertiary/aromatic N) is 4. The van der Waals surface area contributed by atoms with Crippen LogP contribution in [0.3, 0.4) is 0 Å². The van der Waals surface area contributed by atoms with Gasteiger partial charge in [-0.25, -0.2) is 4.98 Å². The third-order valence-corrected chi connectivity index (χ3v) is 6.92. The van der Waals surface area contributed by atoms with Crippen molar-refractivity contribution >= 4 is 34.7 Å². The molecule has 0 amide bonds. The summed E-state index contributed by atoms with van der Waals surface area (Å²) < 4.78 is 13.1. The van der Waals surface area contributed by atoms with Crippen LogP contribution in [0.1, 0.15) is 24.5 Å². The number of rotatable bonds is 8. The van der Waals surface area contributed by atoms with Gasteiger partial charge >= 0.3 is 0 Å². The van der Waals surface area contributed by atoms with E-state index in [1.54, 1.807) is 30.2 Å². The molecule has 0 spiro atoms. The van der Waals surface area contributed by atoms with Crippen molar-refractivity contribution in [3.05, 3.63) is 70.5 Å². The Bertz CT molecular complexity index is 1160. The standard InChI is InChI=1S/C22H21ClN4O2S2/c1-14(29-17-10-8-16(28-3)9-11-17)20-25-26-22(27(20)2)31-13-15-12-30-21(24-15)18-6-4-5-7-19(18)23/h4-12,14H,13H2,1-3H3. The lowest BCUT2D eigenvalue weighted by molar-refractivity contribution is 0.211. The smallest absolute Gasteiger partial charge is 0.191 e. The molecule has 0 N–H and O–H groups in total. The molecule has 0 aliphatic rings. The molecule has 4 rings (SSSR count). The van der Waals surface area contributed by atoms with Crippen molar-refractivity contribution in [3.63, 3.8) is 0 Å². The van der Waals surface area contributed by atoms with Crippen molar-refractivity contribution < 1.29 is 9.47 Å². The van der Waals surface area contributed by atoms with Gasteiger partial charge in [0.2, 0.25) is 0 Å². The highest BCUT2D eigenvalue weighted by molar-refractivity contribution is 7.98. The molecule has 2 heterocycles. The summed E-state index contributed by atoms with van der Waals surface area (Å²) in [4.78, 5) is 4.72. The molecule has 1 atom stereocenters. The quantitative estimate of drug-likeness (QED) is 0.291. The van der Waals surface area contributed by atoms with Crippen LogP contribution in [0.15, 0.2) is 59.1 Å². The summed E-state index contributed by atoms with van der Waals surface area (Å²) in [5, 5.41) is 13.2. The fourth-order valence-electron chi connectivity index (χ4n) is 2.99. The molecule has 0 saturated heterocycles.